The highest BCUT2D eigenvalue weighted by atomic mass is 28.3. The van der Waals surface area contributed by atoms with Gasteiger partial charge in [-0.25, -0.2) is 0 Å². The smallest absolute Gasteiger partial charge is 0.0619 e. The average Bonchev–Trinajstić information content (AvgIpc) is 3.90. The molecule has 0 unspecified atom stereocenters. The minimum absolute atomic E-state index is 0.135. The van der Waals surface area contributed by atoms with Crippen LogP contribution in [0.2, 0.25) is 13.1 Å². The zero-order valence-corrected chi connectivity index (χ0v) is 43.3. The molecule has 0 bridgehead atoms. The first kappa shape index (κ1) is 42.6. The maximum atomic E-state index is 2.67. The highest BCUT2D eigenvalue weighted by Gasteiger charge is 2.40. The van der Waals surface area contributed by atoms with Gasteiger partial charge >= 0.3 is 0 Å². The monoisotopic (exact) mass is 946 g/mol. The quantitative estimate of drug-likeness (QED) is 0.122. The summed E-state index contributed by atoms with van der Waals surface area (Å²) < 4.78 is 0. The van der Waals surface area contributed by atoms with Gasteiger partial charge in [-0.15, -0.1) is 0 Å². The Bertz CT molecular complexity index is 4410. The van der Waals surface area contributed by atoms with E-state index in [2.05, 4.69) is 259 Å². The molecule has 2 aliphatic carbocycles. The van der Waals surface area contributed by atoms with Crippen LogP contribution in [0.1, 0.15) is 49.9 Å². The number of hydrogen-bond donors (Lipinski definition) is 0. The second-order valence-electron chi connectivity index (χ2n) is 22.8. The van der Waals surface area contributed by atoms with Crippen molar-refractivity contribution in [2.45, 2.75) is 51.6 Å². The first-order valence-corrected chi connectivity index (χ1v) is 29.1. The predicted octanol–water partition coefficient (Wildman–Crippen LogP) is 18.4. The van der Waals surface area contributed by atoms with E-state index in [1.807, 2.05) is 0 Å². The molecule has 0 fully saturated rings. The van der Waals surface area contributed by atoms with Crippen LogP contribution < -0.4 is 10.4 Å². The van der Waals surface area contributed by atoms with E-state index in [4.69, 9.17) is 0 Å². The summed E-state index contributed by atoms with van der Waals surface area (Å²) >= 11 is 0. The summed E-state index contributed by atoms with van der Waals surface area (Å²) in [6.45, 7) is 14.8. The molecule has 12 aromatic carbocycles. The van der Waals surface area contributed by atoms with Gasteiger partial charge < -0.3 is 0 Å². The summed E-state index contributed by atoms with van der Waals surface area (Å²) in [5.41, 5.74) is 23.7. The highest BCUT2D eigenvalue weighted by molar-refractivity contribution is 7.04. The molecule has 1 aliphatic heterocycles. The minimum Gasteiger partial charge on any atom is -0.0619 e. The summed E-state index contributed by atoms with van der Waals surface area (Å²) in [6.07, 6.45) is 0. The first-order valence-electron chi connectivity index (χ1n) is 26.1. The molecule has 0 aromatic heterocycles. The molecule has 1 heterocycles. The number of benzene rings is 12. The van der Waals surface area contributed by atoms with Gasteiger partial charge in [0.15, 0.2) is 0 Å². The SMILES string of the molecule is CC1(C)c2ccccc2-c2ccc(-c3c4ccc(-c5ccc6ccccc6c5)cc4c(-c4ccc5c(c4)C(C)(C)c4ccccc4-5)c4cc5c(cc34)-c3ccc(-c4ccc6ccccc6c4)cc3[Si]5(C)C)cc21. The largest absolute Gasteiger partial charge is 0.113 e. The van der Waals surface area contributed by atoms with Crippen molar-refractivity contribution in [3.8, 4) is 77.9 Å². The fourth-order valence-corrected chi connectivity index (χ4v) is 17.0. The van der Waals surface area contributed by atoms with Gasteiger partial charge in [0, 0.05) is 10.8 Å². The standard InChI is InChI=1S/C72H54Si/c1-71(2)63-21-13-11-19-53(63)55-31-29-51(38-65(55)71)69-58-34-28-49(47-25-23-43-15-7-9-17-45(43)35-47)37-60(58)70(52-30-32-56-54-20-12-14-22-64(54)72(3,4)66(56)39-52)62-42-68-59(41-61(62)69)57-33-27-50(40-67(57)73(68,5)6)48-26-24-44-16-8-10-18-46(44)36-48/h7-42H,1-6H3. The third kappa shape index (κ3) is 6.01. The molecule has 0 saturated heterocycles. The van der Waals surface area contributed by atoms with Crippen LogP contribution in [0.3, 0.4) is 0 Å². The molecule has 0 N–H and O–H groups in total. The third-order valence-electron chi connectivity index (χ3n) is 17.8. The third-order valence-corrected chi connectivity index (χ3v) is 21.3. The Morgan fingerprint density at radius 3 is 1.25 bits per heavy atom. The van der Waals surface area contributed by atoms with E-state index in [1.165, 1.54) is 154 Å². The molecule has 3 aliphatic rings. The van der Waals surface area contributed by atoms with Gasteiger partial charge in [-0.1, -0.05) is 223 Å². The van der Waals surface area contributed by atoms with Gasteiger partial charge in [-0.05, 0) is 190 Å². The molecule has 0 amide bonds. The molecule has 0 radical (unpaired) electrons. The topological polar surface area (TPSA) is 0 Å². The first-order chi connectivity index (χ1) is 35.4. The summed E-state index contributed by atoms with van der Waals surface area (Å²) in [5, 5.41) is 13.3. The lowest BCUT2D eigenvalue weighted by Gasteiger charge is -2.25. The molecule has 0 nitrogen and oxygen atoms in total. The fourth-order valence-electron chi connectivity index (χ4n) is 13.9. The zero-order valence-electron chi connectivity index (χ0n) is 42.3. The summed E-state index contributed by atoms with van der Waals surface area (Å²) in [7, 11) is -2.25. The molecule has 1 heteroatoms. The van der Waals surface area contributed by atoms with Crippen molar-refractivity contribution >= 4 is 61.5 Å². The van der Waals surface area contributed by atoms with Gasteiger partial charge in [0.25, 0.3) is 0 Å². The Kier molecular flexibility index (Phi) is 8.74. The Hall–Kier alpha value is -8.10. The van der Waals surface area contributed by atoms with Crippen LogP contribution in [0.25, 0.3) is 121 Å². The molecule has 346 valence electrons. The van der Waals surface area contributed by atoms with Gasteiger partial charge in [0.2, 0.25) is 0 Å². The minimum atomic E-state index is -2.25. The van der Waals surface area contributed by atoms with E-state index < -0.39 is 8.07 Å². The van der Waals surface area contributed by atoms with Crippen LogP contribution in [-0.2, 0) is 10.8 Å². The van der Waals surface area contributed by atoms with E-state index in [0.717, 1.165) is 0 Å². The molecule has 0 atom stereocenters. The van der Waals surface area contributed by atoms with Crippen molar-refractivity contribution in [2.24, 2.45) is 0 Å². The normalized spacial score (nSPS) is 15.0. The molecule has 12 aromatic rings. The van der Waals surface area contributed by atoms with Crippen LogP contribution >= 0.6 is 0 Å². The van der Waals surface area contributed by atoms with Crippen molar-refractivity contribution in [2.75, 3.05) is 0 Å². The fraction of sp³-hybridized carbons (Fsp3) is 0.111. The average molecular weight is 947 g/mol. The summed E-state index contributed by atoms with van der Waals surface area (Å²) in [4.78, 5) is 0. The summed E-state index contributed by atoms with van der Waals surface area (Å²) in [5.74, 6) is 0. The Morgan fingerprint density at radius 2 is 0.658 bits per heavy atom. The molecule has 0 spiro atoms. The van der Waals surface area contributed by atoms with Crippen molar-refractivity contribution in [1.82, 2.24) is 0 Å². The van der Waals surface area contributed by atoms with Crippen molar-refractivity contribution in [1.29, 1.82) is 0 Å². The van der Waals surface area contributed by atoms with Gasteiger partial charge in [0.1, 0.15) is 8.07 Å². The van der Waals surface area contributed by atoms with E-state index in [1.54, 1.807) is 0 Å². The zero-order chi connectivity index (χ0) is 49.1. The number of hydrogen-bond acceptors (Lipinski definition) is 0. The Labute approximate surface area is 429 Å². The van der Waals surface area contributed by atoms with E-state index in [0.29, 0.717) is 0 Å². The number of fused-ring (bicyclic) bond motifs is 13. The van der Waals surface area contributed by atoms with Gasteiger partial charge in [-0.3, -0.25) is 0 Å². The van der Waals surface area contributed by atoms with Crippen molar-refractivity contribution in [3.63, 3.8) is 0 Å². The lowest BCUT2D eigenvalue weighted by molar-refractivity contribution is 0.660. The lowest BCUT2D eigenvalue weighted by Crippen LogP contribution is -2.49. The number of rotatable bonds is 4. The van der Waals surface area contributed by atoms with Crippen molar-refractivity contribution in [3.05, 3.63) is 241 Å². The van der Waals surface area contributed by atoms with Crippen LogP contribution in [-0.4, -0.2) is 8.07 Å². The Morgan fingerprint density at radius 1 is 0.260 bits per heavy atom. The summed E-state index contributed by atoms with van der Waals surface area (Å²) in [6, 6.07) is 84.3. The molecule has 0 saturated carbocycles. The Balaban J connectivity index is 1.04. The van der Waals surface area contributed by atoms with E-state index in [9.17, 15) is 0 Å². The molecule has 15 rings (SSSR count). The lowest BCUT2D eigenvalue weighted by atomic mass is 9.79. The molecular formula is C72H54Si. The maximum absolute atomic E-state index is 2.67. The van der Waals surface area contributed by atoms with Gasteiger partial charge in [-0.2, -0.15) is 0 Å². The predicted molar refractivity (Wildman–Crippen MR) is 316 cm³/mol. The second-order valence-corrected chi connectivity index (χ2v) is 27.2. The maximum Gasteiger partial charge on any atom is 0.113 e. The van der Waals surface area contributed by atoms with Crippen molar-refractivity contribution < 1.29 is 0 Å². The molecule has 73 heavy (non-hydrogen) atoms. The van der Waals surface area contributed by atoms with Crippen LogP contribution in [0.4, 0.5) is 0 Å². The van der Waals surface area contributed by atoms with Crippen LogP contribution in [0.5, 0.6) is 0 Å². The second kappa shape index (κ2) is 15.0. The molecular weight excluding hydrogens is 893 g/mol. The van der Waals surface area contributed by atoms with E-state index >= 15 is 0 Å². The van der Waals surface area contributed by atoms with Crippen LogP contribution in [0.15, 0.2) is 218 Å². The highest BCUT2D eigenvalue weighted by Crippen LogP contribution is 2.54. The van der Waals surface area contributed by atoms with Crippen LogP contribution in [0, 0.1) is 0 Å². The van der Waals surface area contributed by atoms with E-state index in [-0.39, 0.29) is 10.8 Å². The van der Waals surface area contributed by atoms with Gasteiger partial charge in [0.05, 0.1) is 0 Å².